The van der Waals surface area contributed by atoms with Gasteiger partial charge in [0.05, 0.1) is 17.8 Å². The summed E-state index contributed by atoms with van der Waals surface area (Å²) in [6, 6.07) is 7.04. The van der Waals surface area contributed by atoms with Crippen LogP contribution in [0.1, 0.15) is 41.6 Å². The number of thioether (sulfide) groups is 1. The predicted molar refractivity (Wildman–Crippen MR) is 89.4 cm³/mol. The fraction of sp³-hybridized carbons (Fsp3) is 0.471. The van der Waals surface area contributed by atoms with Gasteiger partial charge in [-0.3, -0.25) is 19.3 Å². The van der Waals surface area contributed by atoms with Crippen LogP contribution >= 0.6 is 11.8 Å². The van der Waals surface area contributed by atoms with E-state index in [2.05, 4.69) is 5.32 Å². The molecule has 1 saturated heterocycles. The van der Waals surface area contributed by atoms with Gasteiger partial charge in [-0.05, 0) is 31.9 Å². The van der Waals surface area contributed by atoms with Gasteiger partial charge >= 0.3 is 0 Å². The van der Waals surface area contributed by atoms with Crippen molar-refractivity contribution in [1.29, 1.82) is 0 Å². The molecule has 23 heavy (non-hydrogen) atoms. The molecule has 1 heterocycles. The number of hydrogen-bond donors (Lipinski definition) is 1. The zero-order chi connectivity index (χ0) is 16.4. The molecule has 3 rings (SSSR count). The maximum Gasteiger partial charge on any atom is 0.289 e. The fourth-order valence-electron chi connectivity index (χ4n) is 3.31. The minimum atomic E-state index is -0.215. The molecule has 1 saturated carbocycles. The van der Waals surface area contributed by atoms with Crippen LogP contribution in [0, 0.1) is 6.92 Å². The number of rotatable bonds is 3. The lowest BCUT2D eigenvalue weighted by atomic mass is 9.89. The Morgan fingerprint density at radius 3 is 2.74 bits per heavy atom. The number of nitrogens with zero attached hydrogens (tertiary/aromatic N) is 1. The molecule has 1 aliphatic carbocycles. The highest BCUT2D eigenvalue weighted by Crippen LogP contribution is 2.30. The van der Waals surface area contributed by atoms with Gasteiger partial charge < -0.3 is 5.32 Å². The molecule has 2 unspecified atom stereocenters. The number of hydrogen-bond acceptors (Lipinski definition) is 4. The largest absolute Gasteiger partial charge is 0.347 e. The quantitative estimate of drug-likeness (QED) is 0.924. The number of carbonyl (C=O) groups is 3. The van der Waals surface area contributed by atoms with Gasteiger partial charge in [0.2, 0.25) is 5.91 Å². The van der Waals surface area contributed by atoms with E-state index in [0.29, 0.717) is 5.56 Å². The third-order valence-corrected chi connectivity index (χ3v) is 5.28. The van der Waals surface area contributed by atoms with Gasteiger partial charge in [0, 0.05) is 5.56 Å². The first-order valence-corrected chi connectivity index (χ1v) is 8.91. The van der Waals surface area contributed by atoms with Crippen molar-refractivity contribution in [1.82, 2.24) is 10.2 Å². The summed E-state index contributed by atoms with van der Waals surface area (Å²) >= 11 is 1.05. The van der Waals surface area contributed by atoms with E-state index in [-0.39, 0.29) is 34.9 Å². The Hall–Kier alpha value is -1.82. The van der Waals surface area contributed by atoms with Crippen molar-refractivity contribution in [3.8, 4) is 0 Å². The maximum absolute atomic E-state index is 12.5. The average Bonchev–Trinajstić information content (AvgIpc) is 2.87. The van der Waals surface area contributed by atoms with E-state index in [0.717, 1.165) is 43.0 Å². The molecule has 1 aromatic rings. The Labute approximate surface area is 139 Å². The van der Waals surface area contributed by atoms with Crippen LogP contribution in [-0.2, 0) is 4.79 Å². The normalized spacial score (nSPS) is 24.8. The number of benzene rings is 1. The molecular formula is C17H20N2O3S. The van der Waals surface area contributed by atoms with Crippen LogP contribution in [0.15, 0.2) is 24.3 Å². The van der Waals surface area contributed by atoms with Crippen molar-refractivity contribution in [3.05, 3.63) is 35.4 Å². The standard InChI is InChI=1S/C17H20N2O3S/c1-11-5-4-6-12(9-11)16(21)18-13-7-2-3-8-14(13)19-15(20)10-23-17(19)22/h4-6,9,13-14H,2-3,7-8,10H2,1H3,(H,18,21). The molecule has 3 amide bonds. The van der Waals surface area contributed by atoms with Crippen molar-refractivity contribution in [3.63, 3.8) is 0 Å². The highest BCUT2D eigenvalue weighted by molar-refractivity contribution is 8.14. The van der Waals surface area contributed by atoms with Crippen LogP contribution in [0.3, 0.4) is 0 Å². The third-order valence-electron chi connectivity index (χ3n) is 4.44. The van der Waals surface area contributed by atoms with Gasteiger partial charge in [-0.25, -0.2) is 0 Å². The van der Waals surface area contributed by atoms with Crippen molar-refractivity contribution in [2.75, 3.05) is 5.75 Å². The summed E-state index contributed by atoms with van der Waals surface area (Å²) in [5, 5.41) is 2.85. The van der Waals surface area contributed by atoms with Gasteiger partial charge in [0.25, 0.3) is 11.1 Å². The maximum atomic E-state index is 12.5. The molecule has 2 atom stereocenters. The minimum Gasteiger partial charge on any atom is -0.347 e. The zero-order valence-corrected chi connectivity index (χ0v) is 13.9. The Kier molecular flexibility index (Phi) is 4.71. The lowest BCUT2D eigenvalue weighted by Crippen LogP contribution is -2.54. The third kappa shape index (κ3) is 3.42. The molecule has 2 fully saturated rings. The molecule has 0 aromatic heterocycles. The SMILES string of the molecule is Cc1cccc(C(=O)NC2CCCCC2N2C(=O)CSC2=O)c1. The first kappa shape index (κ1) is 16.1. The van der Waals surface area contributed by atoms with Crippen LogP contribution in [0.4, 0.5) is 4.79 Å². The van der Waals surface area contributed by atoms with Gasteiger partial charge in [-0.15, -0.1) is 0 Å². The molecule has 1 aromatic carbocycles. The summed E-state index contributed by atoms with van der Waals surface area (Å²) in [7, 11) is 0. The highest BCUT2D eigenvalue weighted by atomic mass is 32.2. The van der Waals surface area contributed by atoms with Crippen molar-refractivity contribution >= 4 is 28.8 Å². The first-order chi connectivity index (χ1) is 11.1. The van der Waals surface area contributed by atoms with Gasteiger partial charge in [0.15, 0.2) is 0 Å². The first-order valence-electron chi connectivity index (χ1n) is 7.92. The summed E-state index contributed by atoms with van der Waals surface area (Å²) < 4.78 is 0. The van der Waals surface area contributed by atoms with E-state index in [1.807, 2.05) is 25.1 Å². The Morgan fingerprint density at radius 1 is 1.26 bits per heavy atom. The van der Waals surface area contributed by atoms with Crippen LogP contribution in [-0.4, -0.2) is 39.8 Å². The van der Waals surface area contributed by atoms with E-state index >= 15 is 0 Å². The topological polar surface area (TPSA) is 66.5 Å². The molecular weight excluding hydrogens is 312 g/mol. The van der Waals surface area contributed by atoms with Crippen LogP contribution in [0.25, 0.3) is 0 Å². The van der Waals surface area contributed by atoms with Crippen molar-refractivity contribution < 1.29 is 14.4 Å². The van der Waals surface area contributed by atoms with E-state index in [9.17, 15) is 14.4 Å². The smallest absolute Gasteiger partial charge is 0.289 e. The molecule has 2 aliphatic rings. The fourth-order valence-corrected chi connectivity index (χ4v) is 4.07. The van der Waals surface area contributed by atoms with Gasteiger partial charge in [-0.1, -0.05) is 42.3 Å². The second-order valence-corrected chi connectivity index (χ2v) is 7.05. The number of aryl methyl sites for hydroxylation is 1. The molecule has 6 heteroatoms. The zero-order valence-electron chi connectivity index (χ0n) is 13.1. The molecule has 0 bridgehead atoms. The number of imide groups is 1. The Morgan fingerprint density at radius 2 is 2.04 bits per heavy atom. The predicted octanol–water partition coefficient (Wildman–Crippen LogP) is 2.73. The van der Waals surface area contributed by atoms with Gasteiger partial charge in [-0.2, -0.15) is 0 Å². The van der Waals surface area contributed by atoms with Crippen LogP contribution < -0.4 is 5.32 Å². The van der Waals surface area contributed by atoms with E-state index in [4.69, 9.17) is 0 Å². The monoisotopic (exact) mass is 332 g/mol. The van der Waals surface area contributed by atoms with Gasteiger partial charge in [0.1, 0.15) is 0 Å². The summed E-state index contributed by atoms with van der Waals surface area (Å²) in [4.78, 5) is 37.8. The summed E-state index contributed by atoms with van der Waals surface area (Å²) in [5.41, 5.74) is 1.64. The highest BCUT2D eigenvalue weighted by Gasteiger charge is 2.41. The summed E-state index contributed by atoms with van der Waals surface area (Å²) in [6.45, 7) is 1.94. The molecule has 122 valence electrons. The number of nitrogens with one attached hydrogen (secondary N) is 1. The number of amides is 3. The number of carbonyl (C=O) groups excluding carboxylic acids is 3. The summed E-state index contributed by atoms with van der Waals surface area (Å²) in [6.07, 6.45) is 3.53. The Bertz CT molecular complexity index is 630. The van der Waals surface area contributed by atoms with Crippen LogP contribution in [0.2, 0.25) is 0 Å². The average molecular weight is 332 g/mol. The minimum absolute atomic E-state index is 0.137. The molecule has 1 N–H and O–H groups in total. The van der Waals surface area contributed by atoms with Crippen LogP contribution in [0.5, 0.6) is 0 Å². The second-order valence-electron chi connectivity index (χ2n) is 6.12. The van der Waals surface area contributed by atoms with E-state index in [1.165, 1.54) is 4.90 Å². The lowest BCUT2D eigenvalue weighted by molar-refractivity contribution is -0.127. The van der Waals surface area contributed by atoms with Crippen molar-refractivity contribution in [2.45, 2.75) is 44.7 Å². The summed E-state index contributed by atoms with van der Waals surface area (Å²) in [5.74, 6) is -0.0625. The molecule has 5 nitrogen and oxygen atoms in total. The van der Waals surface area contributed by atoms with E-state index in [1.54, 1.807) is 6.07 Å². The molecule has 1 aliphatic heterocycles. The molecule has 0 radical (unpaired) electrons. The lowest BCUT2D eigenvalue weighted by Gasteiger charge is -2.36. The molecule has 0 spiro atoms. The van der Waals surface area contributed by atoms with Crippen molar-refractivity contribution in [2.24, 2.45) is 0 Å². The van der Waals surface area contributed by atoms with E-state index < -0.39 is 0 Å². The second kappa shape index (κ2) is 6.74. The Balaban J connectivity index is 1.75.